The highest BCUT2D eigenvalue weighted by molar-refractivity contribution is 7.94. The zero-order chi connectivity index (χ0) is 14.9. The number of nitrogens with zero attached hydrogens (tertiary/aromatic N) is 2. The zero-order valence-electron chi connectivity index (χ0n) is 11.7. The summed E-state index contributed by atoms with van der Waals surface area (Å²) in [5.74, 6) is 0.336. The molecule has 0 spiro atoms. The van der Waals surface area contributed by atoms with Crippen LogP contribution in [0.5, 0.6) is 0 Å². The van der Waals surface area contributed by atoms with Crippen molar-refractivity contribution in [1.29, 1.82) is 0 Å². The predicted molar refractivity (Wildman–Crippen MR) is 83.1 cm³/mol. The van der Waals surface area contributed by atoms with Crippen LogP contribution >= 0.6 is 11.3 Å². The summed E-state index contributed by atoms with van der Waals surface area (Å²) in [7, 11) is -1.79. The molecule has 1 aliphatic carbocycles. The Kier molecular flexibility index (Phi) is 4.01. The standard InChI is InChI=1S/C13H18N4O2S2/c1-17-9-7-12(15-17)16-21(18,19)13-5-4-11(20-13)6-8-14-10-2-3-10/h4-5,7,9-10,14H,2-3,6,8H2,1H3,(H,15,16). The Balaban J connectivity index is 1.62. The number of hydrogen-bond acceptors (Lipinski definition) is 5. The van der Waals surface area contributed by atoms with Crippen molar-refractivity contribution < 1.29 is 8.42 Å². The van der Waals surface area contributed by atoms with E-state index in [0.29, 0.717) is 16.1 Å². The summed E-state index contributed by atoms with van der Waals surface area (Å²) in [6.45, 7) is 0.901. The molecule has 0 aromatic carbocycles. The minimum Gasteiger partial charge on any atom is -0.314 e. The van der Waals surface area contributed by atoms with E-state index < -0.39 is 10.0 Å². The molecule has 114 valence electrons. The SMILES string of the molecule is Cn1ccc(NS(=O)(=O)c2ccc(CCNC3CC3)s2)n1. The topological polar surface area (TPSA) is 76.0 Å². The molecule has 2 aromatic rings. The van der Waals surface area contributed by atoms with E-state index in [9.17, 15) is 8.42 Å². The van der Waals surface area contributed by atoms with E-state index in [4.69, 9.17) is 0 Å². The molecule has 0 bridgehead atoms. The van der Waals surface area contributed by atoms with Crippen LogP contribution in [0.25, 0.3) is 0 Å². The van der Waals surface area contributed by atoms with Crippen LogP contribution in [0, 0.1) is 0 Å². The van der Waals surface area contributed by atoms with Gasteiger partial charge in [-0.15, -0.1) is 11.3 Å². The third-order valence-corrected chi connectivity index (χ3v) is 6.23. The molecule has 21 heavy (non-hydrogen) atoms. The summed E-state index contributed by atoms with van der Waals surface area (Å²) in [4.78, 5) is 1.07. The quantitative estimate of drug-likeness (QED) is 0.810. The first-order valence-electron chi connectivity index (χ1n) is 6.87. The van der Waals surface area contributed by atoms with Gasteiger partial charge in [0.05, 0.1) is 0 Å². The van der Waals surface area contributed by atoms with E-state index >= 15 is 0 Å². The summed E-state index contributed by atoms with van der Waals surface area (Å²) in [6, 6.07) is 5.85. The minimum absolute atomic E-state index is 0.328. The van der Waals surface area contributed by atoms with Gasteiger partial charge in [-0.1, -0.05) is 0 Å². The van der Waals surface area contributed by atoms with Crippen molar-refractivity contribution in [1.82, 2.24) is 15.1 Å². The van der Waals surface area contributed by atoms with E-state index in [1.807, 2.05) is 6.07 Å². The van der Waals surface area contributed by atoms with E-state index in [2.05, 4.69) is 15.1 Å². The third kappa shape index (κ3) is 3.84. The molecule has 0 radical (unpaired) electrons. The fourth-order valence-electron chi connectivity index (χ4n) is 1.98. The molecule has 0 atom stereocenters. The van der Waals surface area contributed by atoms with Crippen LogP contribution in [-0.4, -0.2) is 30.8 Å². The van der Waals surface area contributed by atoms with Crippen molar-refractivity contribution >= 4 is 27.2 Å². The van der Waals surface area contributed by atoms with Crippen LogP contribution in [0.15, 0.2) is 28.6 Å². The number of hydrogen-bond donors (Lipinski definition) is 2. The molecule has 0 unspecified atom stereocenters. The molecule has 1 fully saturated rings. The minimum atomic E-state index is -3.54. The number of thiophene rings is 1. The van der Waals surface area contributed by atoms with Gasteiger partial charge in [0.2, 0.25) is 0 Å². The number of rotatable bonds is 7. The fraction of sp³-hybridized carbons (Fsp3) is 0.462. The summed E-state index contributed by atoms with van der Waals surface area (Å²) in [5, 5.41) is 7.45. The second-order valence-corrected chi connectivity index (χ2v) is 8.26. The van der Waals surface area contributed by atoms with Crippen LogP contribution in [0.1, 0.15) is 17.7 Å². The molecular weight excluding hydrogens is 308 g/mol. The van der Waals surface area contributed by atoms with Gasteiger partial charge in [0.1, 0.15) is 4.21 Å². The van der Waals surface area contributed by atoms with Crippen LogP contribution in [-0.2, 0) is 23.5 Å². The van der Waals surface area contributed by atoms with Crippen molar-refractivity contribution in [2.45, 2.75) is 29.5 Å². The molecule has 8 heteroatoms. The fourth-order valence-corrected chi connectivity index (χ4v) is 4.33. The summed E-state index contributed by atoms with van der Waals surface area (Å²) in [6.07, 6.45) is 5.08. The highest BCUT2D eigenvalue weighted by Crippen LogP contribution is 2.24. The maximum atomic E-state index is 12.3. The normalized spacial score (nSPS) is 15.3. The van der Waals surface area contributed by atoms with Crippen molar-refractivity contribution in [2.75, 3.05) is 11.3 Å². The molecule has 1 aliphatic rings. The Bertz CT molecular complexity index is 716. The summed E-state index contributed by atoms with van der Waals surface area (Å²) < 4.78 is 28.9. The van der Waals surface area contributed by atoms with Crippen LogP contribution in [0.3, 0.4) is 0 Å². The largest absolute Gasteiger partial charge is 0.314 e. The van der Waals surface area contributed by atoms with Crippen molar-refractivity contribution in [3.8, 4) is 0 Å². The number of nitrogens with one attached hydrogen (secondary N) is 2. The average molecular weight is 326 g/mol. The average Bonchev–Trinajstić information content (AvgIpc) is 2.94. The Morgan fingerprint density at radius 2 is 2.19 bits per heavy atom. The molecule has 1 saturated carbocycles. The van der Waals surface area contributed by atoms with Gasteiger partial charge >= 0.3 is 0 Å². The Morgan fingerprint density at radius 1 is 1.38 bits per heavy atom. The first-order valence-corrected chi connectivity index (χ1v) is 9.17. The molecule has 2 N–H and O–H groups in total. The van der Waals surface area contributed by atoms with Crippen molar-refractivity contribution in [2.24, 2.45) is 7.05 Å². The Morgan fingerprint density at radius 3 is 2.86 bits per heavy atom. The van der Waals surface area contributed by atoms with Gasteiger partial charge in [-0.05, 0) is 31.4 Å². The van der Waals surface area contributed by atoms with E-state index in [-0.39, 0.29) is 0 Å². The maximum absolute atomic E-state index is 12.3. The molecule has 0 amide bonds. The Hall–Kier alpha value is -1.38. The van der Waals surface area contributed by atoms with Gasteiger partial charge in [-0.3, -0.25) is 9.40 Å². The second kappa shape index (κ2) is 5.78. The van der Waals surface area contributed by atoms with Crippen LogP contribution < -0.4 is 10.0 Å². The molecule has 0 aliphatic heterocycles. The maximum Gasteiger partial charge on any atom is 0.272 e. The first kappa shape index (κ1) is 14.6. The van der Waals surface area contributed by atoms with E-state index in [0.717, 1.165) is 17.8 Å². The third-order valence-electron chi connectivity index (χ3n) is 3.24. The number of sulfonamides is 1. The Labute approximate surface area is 128 Å². The van der Waals surface area contributed by atoms with Crippen LogP contribution in [0.4, 0.5) is 5.82 Å². The highest BCUT2D eigenvalue weighted by atomic mass is 32.2. The smallest absolute Gasteiger partial charge is 0.272 e. The van der Waals surface area contributed by atoms with Gasteiger partial charge in [0, 0.05) is 36.8 Å². The molecule has 2 aromatic heterocycles. The first-order chi connectivity index (χ1) is 10.0. The number of anilines is 1. The molecule has 0 saturated heterocycles. The van der Waals surface area contributed by atoms with Gasteiger partial charge in [0.25, 0.3) is 10.0 Å². The van der Waals surface area contributed by atoms with Crippen molar-refractivity contribution in [3.63, 3.8) is 0 Å². The van der Waals surface area contributed by atoms with Crippen LogP contribution in [0.2, 0.25) is 0 Å². The van der Waals surface area contributed by atoms with Gasteiger partial charge in [-0.2, -0.15) is 5.10 Å². The molecular formula is C13H18N4O2S2. The lowest BCUT2D eigenvalue weighted by molar-refractivity contribution is 0.603. The molecule has 6 nitrogen and oxygen atoms in total. The lowest BCUT2D eigenvalue weighted by Crippen LogP contribution is -2.18. The predicted octanol–water partition coefficient (Wildman–Crippen LogP) is 1.58. The summed E-state index contributed by atoms with van der Waals surface area (Å²) in [5.41, 5.74) is 0. The van der Waals surface area contributed by atoms with Gasteiger partial charge in [0.15, 0.2) is 5.82 Å². The number of aromatic nitrogens is 2. The van der Waals surface area contributed by atoms with Crippen molar-refractivity contribution in [3.05, 3.63) is 29.3 Å². The number of aryl methyl sites for hydroxylation is 1. The van der Waals surface area contributed by atoms with E-state index in [1.165, 1.54) is 24.2 Å². The molecule has 3 rings (SSSR count). The lowest BCUT2D eigenvalue weighted by Gasteiger charge is -2.02. The second-order valence-electron chi connectivity index (χ2n) is 5.18. The van der Waals surface area contributed by atoms with E-state index in [1.54, 1.807) is 30.1 Å². The zero-order valence-corrected chi connectivity index (χ0v) is 13.4. The molecule has 2 heterocycles. The summed E-state index contributed by atoms with van der Waals surface area (Å²) >= 11 is 1.31. The van der Waals surface area contributed by atoms with Gasteiger partial charge < -0.3 is 5.32 Å². The lowest BCUT2D eigenvalue weighted by atomic mass is 10.3. The monoisotopic (exact) mass is 326 g/mol. The highest BCUT2D eigenvalue weighted by Gasteiger charge is 2.21. The van der Waals surface area contributed by atoms with Gasteiger partial charge in [-0.25, -0.2) is 8.42 Å².